The van der Waals surface area contributed by atoms with Gasteiger partial charge < -0.3 is 19.4 Å². The zero-order chi connectivity index (χ0) is 28.9. The minimum absolute atomic E-state index is 0.00606. The van der Waals surface area contributed by atoms with E-state index in [0.717, 1.165) is 11.4 Å². The highest BCUT2D eigenvalue weighted by atomic mass is 35.5. The Hall–Kier alpha value is -4.33. The van der Waals surface area contributed by atoms with Crippen LogP contribution in [-0.2, 0) is 13.1 Å². The van der Waals surface area contributed by atoms with Crippen LogP contribution in [0, 0.1) is 5.41 Å². The van der Waals surface area contributed by atoms with Gasteiger partial charge in [-0.2, -0.15) is 0 Å². The average Bonchev–Trinajstić information content (AvgIpc) is 3.25. The number of fused-ring (bicyclic) bond motifs is 1. The first-order valence-corrected chi connectivity index (χ1v) is 14.0. The van der Waals surface area contributed by atoms with Gasteiger partial charge in [0.25, 0.3) is 5.91 Å². The molecule has 0 spiro atoms. The van der Waals surface area contributed by atoms with Crippen molar-refractivity contribution in [2.45, 2.75) is 19.5 Å². The maximum absolute atomic E-state index is 13.4. The van der Waals surface area contributed by atoms with Crippen molar-refractivity contribution < 1.29 is 9.59 Å². The number of para-hydroxylation sites is 3. The van der Waals surface area contributed by atoms with Crippen molar-refractivity contribution in [2.75, 3.05) is 18.9 Å². The number of amides is 1. The number of benzene rings is 4. The number of carbonyl (C=O) groups is 2. The van der Waals surface area contributed by atoms with Gasteiger partial charge in [0.15, 0.2) is 5.78 Å². The SMILES string of the molecule is CN(CCCn1c(=N)n(CC(=O)c2ccc(Cl)cc2)c2cccc(Cl)c21)C(=O)c1ccccc1Nc1ccccc1. The standard InChI is InChI=1S/C32H29Cl2N5O2/c1-37(31(41)25-11-5-6-13-27(25)36-24-9-3-2-4-10-24)19-8-20-38-30-26(34)12-7-14-28(30)39(32(38)35)21-29(40)22-15-17-23(33)18-16-22/h2-7,9-18,35-36H,8,19-21H2,1H3. The lowest BCUT2D eigenvalue weighted by molar-refractivity contribution is 0.0792. The van der Waals surface area contributed by atoms with Crippen LogP contribution < -0.4 is 10.9 Å². The Kier molecular flexibility index (Phi) is 8.57. The quantitative estimate of drug-likeness (QED) is 0.173. The molecular weight excluding hydrogens is 557 g/mol. The zero-order valence-electron chi connectivity index (χ0n) is 22.5. The normalized spacial score (nSPS) is 11.0. The van der Waals surface area contributed by atoms with E-state index in [1.165, 1.54) is 0 Å². The summed E-state index contributed by atoms with van der Waals surface area (Å²) in [6, 6.07) is 29.3. The second-order valence-electron chi connectivity index (χ2n) is 9.72. The molecule has 5 aromatic rings. The molecule has 1 amide bonds. The number of ketones is 1. The Morgan fingerprint density at radius 2 is 1.56 bits per heavy atom. The van der Waals surface area contributed by atoms with Crippen molar-refractivity contribution in [3.63, 3.8) is 0 Å². The summed E-state index contributed by atoms with van der Waals surface area (Å²) in [6.07, 6.45) is 0.586. The highest BCUT2D eigenvalue weighted by Crippen LogP contribution is 2.24. The van der Waals surface area contributed by atoms with E-state index in [-0.39, 0.29) is 23.9 Å². The highest BCUT2D eigenvalue weighted by Gasteiger charge is 2.19. The number of nitrogens with one attached hydrogen (secondary N) is 2. The Morgan fingerprint density at radius 3 is 2.32 bits per heavy atom. The van der Waals surface area contributed by atoms with Gasteiger partial charge in [-0.05, 0) is 67.1 Å². The van der Waals surface area contributed by atoms with E-state index in [2.05, 4.69) is 5.32 Å². The number of Topliss-reactive ketones (excluding diaryl/α,β-unsaturated/α-hetero) is 1. The van der Waals surface area contributed by atoms with Crippen LogP contribution in [0.4, 0.5) is 11.4 Å². The molecule has 0 atom stereocenters. The summed E-state index contributed by atoms with van der Waals surface area (Å²) < 4.78 is 3.47. The van der Waals surface area contributed by atoms with E-state index in [1.807, 2.05) is 66.7 Å². The fourth-order valence-electron chi connectivity index (χ4n) is 4.83. The molecule has 0 saturated carbocycles. The van der Waals surface area contributed by atoms with Crippen molar-refractivity contribution in [1.82, 2.24) is 14.0 Å². The van der Waals surface area contributed by atoms with Crippen LogP contribution in [0.5, 0.6) is 0 Å². The third-order valence-corrected chi connectivity index (χ3v) is 7.49. The molecule has 5 rings (SSSR count). The Bertz CT molecular complexity index is 1760. The van der Waals surface area contributed by atoms with Crippen LogP contribution in [0.1, 0.15) is 27.1 Å². The Labute approximate surface area is 248 Å². The van der Waals surface area contributed by atoms with E-state index in [1.54, 1.807) is 51.4 Å². The second kappa shape index (κ2) is 12.5. The van der Waals surface area contributed by atoms with E-state index >= 15 is 0 Å². The van der Waals surface area contributed by atoms with Crippen molar-refractivity contribution >= 4 is 57.3 Å². The van der Waals surface area contributed by atoms with Gasteiger partial charge in [0.05, 0.1) is 33.9 Å². The van der Waals surface area contributed by atoms with Crippen LogP contribution >= 0.6 is 23.2 Å². The molecule has 7 nitrogen and oxygen atoms in total. The number of halogens is 2. The minimum atomic E-state index is -0.132. The number of imidazole rings is 1. The van der Waals surface area contributed by atoms with Gasteiger partial charge in [0, 0.05) is 36.4 Å². The lowest BCUT2D eigenvalue weighted by Crippen LogP contribution is -2.31. The van der Waals surface area contributed by atoms with Crippen LogP contribution in [-0.4, -0.2) is 39.3 Å². The first-order chi connectivity index (χ1) is 19.8. The fourth-order valence-corrected chi connectivity index (χ4v) is 5.23. The van der Waals surface area contributed by atoms with Crippen LogP contribution in [0.25, 0.3) is 11.0 Å². The number of carbonyl (C=O) groups excluding carboxylic acids is 2. The molecule has 0 radical (unpaired) electrons. The number of aryl methyl sites for hydroxylation is 1. The molecule has 0 unspecified atom stereocenters. The molecule has 2 N–H and O–H groups in total. The molecular formula is C32H29Cl2N5O2. The molecule has 208 valence electrons. The number of rotatable bonds is 10. The average molecular weight is 587 g/mol. The summed E-state index contributed by atoms with van der Waals surface area (Å²) in [5, 5.41) is 13.3. The van der Waals surface area contributed by atoms with Crippen LogP contribution in [0.3, 0.4) is 0 Å². The first-order valence-electron chi connectivity index (χ1n) is 13.2. The molecule has 0 aliphatic heterocycles. The van der Waals surface area contributed by atoms with E-state index in [4.69, 9.17) is 28.6 Å². The summed E-state index contributed by atoms with van der Waals surface area (Å²) >= 11 is 12.6. The largest absolute Gasteiger partial charge is 0.355 e. The smallest absolute Gasteiger partial charge is 0.255 e. The molecule has 1 heterocycles. The molecule has 0 fully saturated rings. The number of hydrogen-bond donors (Lipinski definition) is 2. The molecule has 0 bridgehead atoms. The molecule has 0 aliphatic rings. The highest BCUT2D eigenvalue weighted by molar-refractivity contribution is 6.35. The Morgan fingerprint density at radius 1 is 0.854 bits per heavy atom. The maximum atomic E-state index is 13.4. The van der Waals surface area contributed by atoms with Gasteiger partial charge in [0.2, 0.25) is 5.62 Å². The number of aromatic nitrogens is 2. The van der Waals surface area contributed by atoms with Gasteiger partial charge in [-0.3, -0.25) is 15.0 Å². The predicted molar refractivity (Wildman–Crippen MR) is 164 cm³/mol. The summed E-state index contributed by atoms with van der Waals surface area (Å²) in [6.45, 7) is 0.905. The lowest BCUT2D eigenvalue weighted by atomic mass is 10.1. The first kappa shape index (κ1) is 28.2. The van der Waals surface area contributed by atoms with Gasteiger partial charge in [-0.15, -0.1) is 0 Å². The fraction of sp³-hybridized carbons (Fsp3) is 0.156. The Balaban J connectivity index is 1.32. The molecule has 41 heavy (non-hydrogen) atoms. The van der Waals surface area contributed by atoms with Gasteiger partial charge in [0.1, 0.15) is 0 Å². The molecule has 0 saturated heterocycles. The molecule has 9 heteroatoms. The van der Waals surface area contributed by atoms with Gasteiger partial charge >= 0.3 is 0 Å². The van der Waals surface area contributed by atoms with E-state index in [0.29, 0.717) is 51.7 Å². The maximum Gasteiger partial charge on any atom is 0.255 e. The third-order valence-electron chi connectivity index (χ3n) is 6.94. The van der Waals surface area contributed by atoms with Gasteiger partial charge in [-0.25, -0.2) is 0 Å². The van der Waals surface area contributed by atoms with E-state index in [9.17, 15) is 9.59 Å². The zero-order valence-corrected chi connectivity index (χ0v) is 24.0. The summed E-state index contributed by atoms with van der Waals surface area (Å²) in [5.41, 5.74) is 4.29. The molecule has 0 aliphatic carbocycles. The lowest BCUT2D eigenvalue weighted by Gasteiger charge is -2.20. The third kappa shape index (κ3) is 6.21. The number of hydrogen-bond acceptors (Lipinski definition) is 4. The summed E-state index contributed by atoms with van der Waals surface area (Å²) in [4.78, 5) is 28.1. The predicted octanol–water partition coefficient (Wildman–Crippen LogP) is 7.02. The van der Waals surface area contributed by atoms with Crippen LogP contribution in [0.2, 0.25) is 10.0 Å². The number of nitrogens with zero attached hydrogens (tertiary/aromatic N) is 3. The van der Waals surface area contributed by atoms with E-state index < -0.39 is 0 Å². The van der Waals surface area contributed by atoms with Crippen LogP contribution in [0.15, 0.2) is 97.1 Å². The number of anilines is 2. The molecule has 1 aromatic heterocycles. The van der Waals surface area contributed by atoms with Crippen molar-refractivity contribution in [3.8, 4) is 0 Å². The topological polar surface area (TPSA) is 83.1 Å². The minimum Gasteiger partial charge on any atom is -0.355 e. The van der Waals surface area contributed by atoms with Crippen molar-refractivity contribution in [1.29, 1.82) is 5.41 Å². The van der Waals surface area contributed by atoms with Crippen molar-refractivity contribution in [2.24, 2.45) is 0 Å². The van der Waals surface area contributed by atoms with Crippen molar-refractivity contribution in [3.05, 3.63) is 124 Å². The monoisotopic (exact) mass is 585 g/mol. The summed E-state index contributed by atoms with van der Waals surface area (Å²) in [7, 11) is 1.77. The van der Waals surface area contributed by atoms with Gasteiger partial charge in [-0.1, -0.05) is 59.6 Å². The summed E-state index contributed by atoms with van der Waals surface area (Å²) in [5.74, 6) is -0.235. The second-order valence-corrected chi connectivity index (χ2v) is 10.6. The molecule has 4 aromatic carbocycles.